The highest BCUT2D eigenvalue weighted by Crippen LogP contribution is 2.14. The van der Waals surface area contributed by atoms with Crippen molar-refractivity contribution in [3.05, 3.63) is 35.4 Å². The quantitative estimate of drug-likeness (QED) is 0.813. The van der Waals surface area contributed by atoms with Crippen LogP contribution in [0.4, 0.5) is 0 Å². The fourth-order valence-electron chi connectivity index (χ4n) is 1.35. The van der Waals surface area contributed by atoms with Gasteiger partial charge in [-0.05, 0) is 30.2 Å². The predicted molar refractivity (Wildman–Crippen MR) is 61.9 cm³/mol. The number of nitrogens with zero attached hydrogens (tertiary/aromatic N) is 1. The van der Waals surface area contributed by atoms with Crippen LogP contribution < -0.4 is 5.73 Å². The zero-order valence-electron chi connectivity index (χ0n) is 9.53. The van der Waals surface area contributed by atoms with Crippen LogP contribution in [0, 0.1) is 0 Å². The molecule has 0 heterocycles. The van der Waals surface area contributed by atoms with Gasteiger partial charge in [-0.3, -0.25) is 4.79 Å². The Balaban J connectivity index is 2.85. The molecule has 1 amide bonds. The van der Waals surface area contributed by atoms with E-state index in [0.717, 1.165) is 0 Å². The van der Waals surface area contributed by atoms with E-state index in [2.05, 4.69) is 6.92 Å². The van der Waals surface area contributed by atoms with Gasteiger partial charge in [0.15, 0.2) is 0 Å². The fraction of sp³-hybridized carbons (Fsp3) is 0.417. The summed E-state index contributed by atoms with van der Waals surface area (Å²) in [4.78, 5) is 13.2. The van der Waals surface area contributed by atoms with E-state index in [9.17, 15) is 4.79 Å². The van der Waals surface area contributed by atoms with Gasteiger partial charge in [-0.15, -0.1) is 0 Å². The molecule has 0 saturated heterocycles. The third-order valence-corrected chi connectivity index (χ3v) is 2.49. The standard InChI is InChI=1S/C12H18N2O/c1-9(8-13)10-4-6-11(7-5-10)12(15)14(2)3/h4-7,9H,8,13H2,1-3H3. The molecule has 0 aromatic heterocycles. The number of hydrogen-bond acceptors (Lipinski definition) is 2. The van der Waals surface area contributed by atoms with Crippen molar-refractivity contribution in [2.24, 2.45) is 5.73 Å². The Hall–Kier alpha value is -1.35. The van der Waals surface area contributed by atoms with Crippen LogP contribution in [0.15, 0.2) is 24.3 Å². The molecule has 0 fully saturated rings. The number of nitrogens with two attached hydrogens (primary N) is 1. The van der Waals surface area contributed by atoms with Crippen molar-refractivity contribution < 1.29 is 4.79 Å². The maximum atomic E-state index is 11.6. The molecule has 1 atom stereocenters. The normalized spacial score (nSPS) is 12.3. The molecule has 1 aromatic carbocycles. The molecular formula is C12H18N2O. The summed E-state index contributed by atoms with van der Waals surface area (Å²) in [5.41, 5.74) is 7.46. The van der Waals surface area contributed by atoms with Gasteiger partial charge in [0, 0.05) is 19.7 Å². The fourth-order valence-corrected chi connectivity index (χ4v) is 1.35. The van der Waals surface area contributed by atoms with Crippen LogP contribution in [0.3, 0.4) is 0 Å². The van der Waals surface area contributed by atoms with Gasteiger partial charge in [-0.1, -0.05) is 19.1 Å². The van der Waals surface area contributed by atoms with Crippen molar-refractivity contribution in [3.63, 3.8) is 0 Å². The molecule has 0 aliphatic carbocycles. The van der Waals surface area contributed by atoms with Gasteiger partial charge in [-0.2, -0.15) is 0 Å². The van der Waals surface area contributed by atoms with Crippen molar-refractivity contribution in [1.82, 2.24) is 4.90 Å². The zero-order chi connectivity index (χ0) is 11.4. The lowest BCUT2D eigenvalue weighted by Crippen LogP contribution is -2.21. The molecule has 1 unspecified atom stereocenters. The molecule has 0 spiro atoms. The van der Waals surface area contributed by atoms with Crippen molar-refractivity contribution in [2.45, 2.75) is 12.8 Å². The second-order valence-corrected chi connectivity index (χ2v) is 3.96. The van der Waals surface area contributed by atoms with Crippen LogP contribution in [0.2, 0.25) is 0 Å². The van der Waals surface area contributed by atoms with Crippen molar-refractivity contribution in [1.29, 1.82) is 0 Å². The lowest BCUT2D eigenvalue weighted by atomic mass is 10.00. The summed E-state index contributed by atoms with van der Waals surface area (Å²) in [5.74, 6) is 0.371. The van der Waals surface area contributed by atoms with Gasteiger partial charge in [-0.25, -0.2) is 0 Å². The van der Waals surface area contributed by atoms with Gasteiger partial charge in [0.05, 0.1) is 0 Å². The lowest BCUT2D eigenvalue weighted by Gasteiger charge is -2.12. The van der Waals surface area contributed by atoms with E-state index < -0.39 is 0 Å². The van der Waals surface area contributed by atoms with Crippen molar-refractivity contribution >= 4 is 5.91 Å². The van der Waals surface area contributed by atoms with E-state index >= 15 is 0 Å². The Labute approximate surface area is 90.9 Å². The number of carbonyl (C=O) groups is 1. The second kappa shape index (κ2) is 4.94. The zero-order valence-corrected chi connectivity index (χ0v) is 9.53. The maximum absolute atomic E-state index is 11.6. The molecule has 1 rings (SSSR count). The van der Waals surface area contributed by atoms with Crippen LogP contribution in [-0.2, 0) is 0 Å². The molecule has 15 heavy (non-hydrogen) atoms. The van der Waals surface area contributed by atoms with Crippen LogP contribution in [0.5, 0.6) is 0 Å². The van der Waals surface area contributed by atoms with Gasteiger partial charge >= 0.3 is 0 Å². The first-order valence-electron chi connectivity index (χ1n) is 5.08. The van der Waals surface area contributed by atoms with E-state index in [1.165, 1.54) is 5.56 Å². The molecule has 2 N–H and O–H groups in total. The van der Waals surface area contributed by atoms with Crippen molar-refractivity contribution in [2.75, 3.05) is 20.6 Å². The lowest BCUT2D eigenvalue weighted by molar-refractivity contribution is 0.0827. The minimum atomic E-state index is 0.0296. The van der Waals surface area contributed by atoms with Crippen LogP contribution in [-0.4, -0.2) is 31.4 Å². The summed E-state index contributed by atoms with van der Waals surface area (Å²) < 4.78 is 0. The molecular weight excluding hydrogens is 188 g/mol. The summed E-state index contributed by atoms with van der Waals surface area (Å²) in [6.45, 7) is 2.70. The first-order valence-corrected chi connectivity index (χ1v) is 5.08. The topological polar surface area (TPSA) is 46.3 Å². The van der Waals surface area contributed by atoms with Crippen LogP contribution in [0.25, 0.3) is 0 Å². The van der Waals surface area contributed by atoms with E-state index in [1.54, 1.807) is 19.0 Å². The Morgan fingerprint density at radius 1 is 1.33 bits per heavy atom. The monoisotopic (exact) mass is 206 g/mol. The molecule has 3 nitrogen and oxygen atoms in total. The number of rotatable bonds is 3. The van der Waals surface area contributed by atoms with Gasteiger partial charge in [0.1, 0.15) is 0 Å². The van der Waals surface area contributed by atoms with E-state index in [-0.39, 0.29) is 5.91 Å². The number of hydrogen-bond donors (Lipinski definition) is 1. The average Bonchev–Trinajstić information content (AvgIpc) is 2.27. The van der Waals surface area contributed by atoms with Crippen LogP contribution in [0.1, 0.15) is 28.8 Å². The predicted octanol–water partition coefficient (Wildman–Crippen LogP) is 1.45. The van der Waals surface area contributed by atoms with E-state index in [1.807, 2.05) is 24.3 Å². The summed E-state index contributed by atoms with van der Waals surface area (Å²) in [7, 11) is 3.50. The number of benzene rings is 1. The van der Waals surface area contributed by atoms with E-state index in [4.69, 9.17) is 5.73 Å². The van der Waals surface area contributed by atoms with Gasteiger partial charge in [0.2, 0.25) is 0 Å². The van der Waals surface area contributed by atoms with Gasteiger partial charge in [0.25, 0.3) is 5.91 Å². The largest absolute Gasteiger partial charge is 0.345 e. The third kappa shape index (κ3) is 2.80. The SMILES string of the molecule is CC(CN)c1ccc(C(=O)N(C)C)cc1. The Bertz CT molecular complexity index is 330. The summed E-state index contributed by atoms with van der Waals surface area (Å²) in [6, 6.07) is 7.64. The highest BCUT2D eigenvalue weighted by atomic mass is 16.2. The summed E-state index contributed by atoms with van der Waals surface area (Å²) in [6.07, 6.45) is 0. The molecule has 0 bridgehead atoms. The first kappa shape index (κ1) is 11.7. The molecule has 82 valence electrons. The number of carbonyl (C=O) groups excluding carboxylic acids is 1. The van der Waals surface area contributed by atoms with E-state index in [0.29, 0.717) is 18.0 Å². The van der Waals surface area contributed by atoms with Crippen molar-refractivity contribution in [3.8, 4) is 0 Å². The maximum Gasteiger partial charge on any atom is 0.253 e. The molecule has 3 heteroatoms. The Morgan fingerprint density at radius 3 is 2.27 bits per heavy atom. The molecule has 0 aliphatic heterocycles. The average molecular weight is 206 g/mol. The van der Waals surface area contributed by atoms with Gasteiger partial charge < -0.3 is 10.6 Å². The first-order chi connectivity index (χ1) is 7.06. The molecule has 0 radical (unpaired) electrons. The second-order valence-electron chi connectivity index (χ2n) is 3.96. The minimum Gasteiger partial charge on any atom is -0.345 e. The van der Waals surface area contributed by atoms with Crippen LogP contribution >= 0.6 is 0 Å². The number of amides is 1. The highest BCUT2D eigenvalue weighted by molar-refractivity contribution is 5.93. The summed E-state index contributed by atoms with van der Waals surface area (Å²) in [5, 5.41) is 0. The minimum absolute atomic E-state index is 0.0296. The smallest absolute Gasteiger partial charge is 0.253 e. The molecule has 0 saturated carbocycles. The highest BCUT2D eigenvalue weighted by Gasteiger charge is 2.08. The Morgan fingerprint density at radius 2 is 1.87 bits per heavy atom. The third-order valence-electron chi connectivity index (χ3n) is 2.49. The summed E-state index contributed by atoms with van der Waals surface area (Å²) >= 11 is 0. The Kier molecular flexibility index (Phi) is 3.86. The molecule has 1 aromatic rings. The molecule has 0 aliphatic rings.